The molecule has 1 nitrogen and oxygen atoms in total. The quantitative estimate of drug-likeness (QED) is 0.791. The number of nitrogens with zero attached hydrogens (tertiary/aromatic N) is 1. The van der Waals surface area contributed by atoms with Gasteiger partial charge < -0.3 is 0 Å². The normalized spacial score (nSPS) is 24.0. The maximum absolute atomic E-state index is 3.52. The molecule has 1 aromatic rings. The van der Waals surface area contributed by atoms with Crippen LogP contribution in [0.3, 0.4) is 0 Å². The molecule has 1 saturated heterocycles. The van der Waals surface area contributed by atoms with Crippen LogP contribution in [0.5, 0.6) is 0 Å². The number of halogens is 1. The van der Waals surface area contributed by atoms with Gasteiger partial charge in [0, 0.05) is 11.4 Å². The molecular formula is C12H18BrNS. The topological polar surface area (TPSA) is 3.24 Å². The van der Waals surface area contributed by atoms with Gasteiger partial charge in [0.25, 0.3) is 0 Å². The zero-order valence-electron chi connectivity index (χ0n) is 9.21. The van der Waals surface area contributed by atoms with Crippen molar-refractivity contribution in [1.82, 2.24) is 4.90 Å². The Morgan fingerprint density at radius 3 is 3.00 bits per heavy atom. The van der Waals surface area contributed by atoms with E-state index in [4.69, 9.17) is 0 Å². The first-order valence-corrected chi connectivity index (χ1v) is 7.31. The van der Waals surface area contributed by atoms with Gasteiger partial charge in [-0.05, 0) is 66.3 Å². The van der Waals surface area contributed by atoms with E-state index in [1.165, 1.54) is 41.0 Å². The fourth-order valence-corrected chi connectivity index (χ4v) is 3.66. The molecule has 3 heteroatoms. The van der Waals surface area contributed by atoms with Crippen LogP contribution in [0.25, 0.3) is 0 Å². The van der Waals surface area contributed by atoms with E-state index in [2.05, 4.69) is 39.9 Å². The van der Waals surface area contributed by atoms with Crippen molar-refractivity contribution in [2.24, 2.45) is 5.92 Å². The van der Waals surface area contributed by atoms with Crippen LogP contribution >= 0.6 is 27.3 Å². The predicted molar refractivity (Wildman–Crippen MR) is 70.3 cm³/mol. The van der Waals surface area contributed by atoms with Crippen molar-refractivity contribution in [2.45, 2.75) is 32.7 Å². The summed E-state index contributed by atoms with van der Waals surface area (Å²) >= 11 is 5.39. The van der Waals surface area contributed by atoms with Crippen molar-refractivity contribution in [3.63, 3.8) is 0 Å². The Bertz CT molecular complexity index is 310. The smallest absolute Gasteiger partial charge is 0.0701 e. The van der Waals surface area contributed by atoms with E-state index in [0.29, 0.717) is 0 Å². The summed E-state index contributed by atoms with van der Waals surface area (Å²) in [6.07, 6.45) is 4.14. The summed E-state index contributed by atoms with van der Waals surface area (Å²) in [5.74, 6) is 0.921. The molecule has 2 rings (SSSR count). The van der Waals surface area contributed by atoms with Crippen LogP contribution in [0, 0.1) is 5.92 Å². The van der Waals surface area contributed by atoms with Crippen molar-refractivity contribution in [1.29, 1.82) is 0 Å². The van der Waals surface area contributed by atoms with Crippen molar-refractivity contribution in [2.75, 3.05) is 13.1 Å². The Kier molecular flexibility index (Phi) is 4.23. The molecule has 0 aromatic carbocycles. The molecule has 1 fully saturated rings. The van der Waals surface area contributed by atoms with Crippen LogP contribution in [-0.2, 0) is 6.54 Å². The van der Waals surface area contributed by atoms with Crippen LogP contribution in [0.2, 0.25) is 0 Å². The summed E-state index contributed by atoms with van der Waals surface area (Å²) in [5.41, 5.74) is 0. The Hall–Kier alpha value is 0.140. The third-order valence-electron chi connectivity index (χ3n) is 3.12. The van der Waals surface area contributed by atoms with Gasteiger partial charge in [-0.15, -0.1) is 11.3 Å². The van der Waals surface area contributed by atoms with E-state index in [-0.39, 0.29) is 0 Å². The van der Waals surface area contributed by atoms with Gasteiger partial charge in [0.2, 0.25) is 0 Å². The minimum absolute atomic E-state index is 0.921. The van der Waals surface area contributed by atoms with Gasteiger partial charge in [-0.2, -0.15) is 0 Å². The van der Waals surface area contributed by atoms with Crippen LogP contribution in [-0.4, -0.2) is 18.0 Å². The SMILES string of the molecule is CC1CCCN(Cc2ccc(Br)s2)CC1. The lowest BCUT2D eigenvalue weighted by molar-refractivity contribution is 0.276. The number of rotatable bonds is 2. The summed E-state index contributed by atoms with van der Waals surface area (Å²) in [6.45, 7) is 6.07. The highest BCUT2D eigenvalue weighted by atomic mass is 79.9. The van der Waals surface area contributed by atoms with E-state index >= 15 is 0 Å². The highest BCUT2D eigenvalue weighted by molar-refractivity contribution is 9.11. The largest absolute Gasteiger partial charge is 0.298 e. The first-order valence-electron chi connectivity index (χ1n) is 5.70. The van der Waals surface area contributed by atoms with Gasteiger partial charge in [-0.1, -0.05) is 6.92 Å². The van der Waals surface area contributed by atoms with E-state index in [0.717, 1.165) is 12.5 Å². The Balaban J connectivity index is 1.88. The molecule has 0 bridgehead atoms. The molecular weight excluding hydrogens is 270 g/mol. The summed E-state index contributed by atoms with van der Waals surface area (Å²) < 4.78 is 1.25. The molecule has 0 amide bonds. The number of hydrogen-bond acceptors (Lipinski definition) is 2. The first-order chi connectivity index (χ1) is 7.24. The third-order valence-corrected chi connectivity index (χ3v) is 4.73. The summed E-state index contributed by atoms with van der Waals surface area (Å²) in [7, 11) is 0. The lowest BCUT2D eigenvalue weighted by Crippen LogP contribution is -2.23. The van der Waals surface area contributed by atoms with Crippen LogP contribution in [0.1, 0.15) is 31.1 Å². The molecule has 1 unspecified atom stereocenters. The van der Waals surface area contributed by atoms with E-state index in [1.54, 1.807) is 0 Å². The number of hydrogen-bond donors (Lipinski definition) is 0. The Labute approximate surface area is 105 Å². The highest BCUT2D eigenvalue weighted by Gasteiger charge is 2.14. The van der Waals surface area contributed by atoms with E-state index in [1.807, 2.05) is 11.3 Å². The maximum atomic E-state index is 3.52. The highest BCUT2D eigenvalue weighted by Crippen LogP contribution is 2.25. The van der Waals surface area contributed by atoms with Gasteiger partial charge >= 0.3 is 0 Å². The van der Waals surface area contributed by atoms with E-state index < -0.39 is 0 Å². The fourth-order valence-electron chi connectivity index (χ4n) is 2.14. The predicted octanol–water partition coefficient (Wildman–Crippen LogP) is 4.13. The van der Waals surface area contributed by atoms with Gasteiger partial charge in [-0.25, -0.2) is 0 Å². The zero-order valence-corrected chi connectivity index (χ0v) is 11.6. The summed E-state index contributed by atoms with van der Waals surface area (Å²) in [5, 5.41) is 0. The monoisotopic (exact) mass is 287 g/mol. The Morgan fingerprint density at radius 2 is 2.27 bits per heavy atom. The van der Waals surface area contributed by atoms with Gasteiger partial charge in [-0.3, -0.25) is 4.90 Å². The molecule has 15 heavy (non-hydrogen) atoms. The van der Waals surface area contributed by atoms with E-state index in [9.17, 15) is 0 Å². The Morgan fingerprint density at radius 1 is 1.40 bits per heavy atom. The van der Waals surface area contributed by atoms with Crippen LogP contribution < -0.4 is 0 Å². The van der Waals surface area contributed by atoms with Crippen molar-refractivity contribution in [3.8, 4) is 0 Å². The first kappa shape index (κ1) is 11.6. The standard InChI is InChI=1S/C12H18BrNS/c1-10-3-2-7-14(8-6-10)9-11-4-5-12(13)15-11/h4-5,10H,2-3,6-9H2,1H3. The average molecular weight is 288 g/mol. The van der Waals surface area contributed by atoms with Crippen molar-refractivity contribution < 1.29 is 0 Å². The molecule has 1 aliphatic rings. The average Bonchev–Trinajstić information content (AvgIpc) is 2.48. The van der Waals surface area contributed by atoms with Crippen molar-refractivity contribution in [3.05, 3.63) is 20.8 Å². The second-order valence-electron chi connectivity index (χ2n) is 4.52. The lowest BCUT2D eigenvalue weighted by atomic mass is 10.0. The molecule has 1 atom stereocenters. The maximum Gasteiger partial charge on any atom is 0.0701 e. The number of likely N-dealkylation sites (tertiary alicyclic amines) is 1. The molecule has 1 aliphatic heterocycles. The van der Waals surface area contributed by atoms with Gasteiger partial charge in [0.05, 0.1) is 3.79 Å². The van der Waals surface area contributed by atoms with Gasteiger partial charge in [0.1, 0.15) is 0 Å². The van der Waals surface area contributed by atoms with Crippen molar-refractivity contribution >= 4 is 27.3 Å². The summed E-state index contributed by atoms with van der Waals surface area (Å²) in [6, 6.07) is 4.39. The molecule has 2 heterocycles. The zero-order chi connectivity index (χ0) is 10.7. The molecule has 0 radical (unpaired) electrons. The molecule has 0 saturated carbocycles. The molecule has 1 aromatic heterocycles. The van der Waals surface area contributed by atoms with Crippen LogP contribution in [0.4, 0.5) is 0 Å². The number of thiophene rings is 1. The molecule has 0 spiro atoms. The fraction of sp³-hybridized carbons (Fsp3) is 0.667. The lowest BCUT2D eigenvalue weighted by Gasteiger charge is -2.18. The minimum Gasteiger partial charge on any atom is -0.298 e. The summed E-state index contributed by atoms with van der Waals surface area (Å²) in [4.78, 5) is 4.08. The van der Waals surface area contributed by atoms with Crippen LogP contribution in [0.15, 0.2) is 15.9 Å². The minimum atomic E-state index is 0.921. The molecule has 0 N–H and O–H groups in total. The molecule has 0 aliphatic carbocycles. The molecule has 84 valence electrons. The van der Waals surface area contributed by atoms with Gasteiger partial charge in [0.15, 0.2) is 0 Å². The second kappa shape index (κ2) is 5.46. The second-order valence-corrected chi connectivity index (χ2v) is 7.07. The third kappa shape index (κ3) is 3.58.